The summed E-state index contributed by atoms with van der Waals surface area (Å²) in [5.41, 5.74) is 3.85. The van der Waals surface area contributed by atoms with E-state index < -0.39 is 5.41 Å². The van der Waals surface area contributed by atoms with Crippen molar-refractivity contribution in [2.45, 2.75) is 26.2 Å². The van der Waals surface area contributed by atoms with Gasteiger partial charge in [0, 0.05) is 11.3 Å². The summed E-state index contributed by atoms with van der Waals surface area (Å²) in [6.45, 7) is 6.23. The van der Waals surface area contributed by atoms with Crippen LogP contribution in [-0.2, 0) is 5.41 Å². The number of benzene rings is 2. The zero-order chi connectivity index (χ0) is 18.9. The van der Waals surface area contributed by atoms with Crippen molar-refractivity contribution >= 4 is 0 Å². The largest absolute Gasteiger partial charge is 0.508 e. The van der Waals surface area contributed by atoms with Gasteiger partial charge in [0.25, 0.3) is 0 Å². The lowest BCUT2D eigenvalue weighted by Crippen LogP contribution is -2.34. The summed E-state index contributed by atoms with van der Waals surface area (Å²) in [7, 11) is 0. The van der Waals surface area contributed by atoms with Crippen LogP contribution in [0.5, 0.6) is 11.5 Å². The predicted molar refractivity (Wildman–Crippen MR) is 104 cm³/mol. The fourth-order valence-electron chi connectivity index (χ4n) is 3.70. The number of allylic oxidation sites excluding steroid dienone is 5. The number of phenols is 2. The molecule has 1 atom stereocenters. The fraction of sp³-hybridized carbons (Fsp3) is 0.217. The van der Waals surface area contributed by atoms with Crippen LogP contribution in [0.1, 0.15) is 31.9 Å². The Labute approximate surface area is 154 Å². The minimum absolute atomic E-state index is 0.00233. The molecule has 26 heavy (non-hydrogen) atoms. The average molecular weight is 348 g/mol. The Morgan fingerprint density at radius 1 is 0.808 bits per heavy atom. The quantitative estimate of drug-likeness (QED) is 0.699. The highest BCUT2D eigenvalue weighted by Crippen LogP contribution is 2.46. The van der Waals surface area contributed by atoms with Crippen molar-refractivity contribution < 1.29 is 15.3 Å². The van der Waals surface area contributed by atoms with E-state index >= 15 is 0 Å². The molecule has 2 aromatic carbocycles. The minimum atomic E-state index is -0.443. The standard InChI is InChI=1S/C23H24O3/c1-15(2)21-14-20(26)12-13-22(21)23(3,16-4-8-18(24)9-5-16)17-6-10-19(25)11-7-17/h4-14,22,24-26H,1-3H3. The smallest absolute Gasteiger partial charge is 0.115 e. The Hall–Kier alpha value is -2.94. The maximum atomic E-state index is 10.00. The number of hydrogen-bond acceptors (Lipinski definition) is 3. The van der Waals surface area contributed by atoms with Crippen molar-refractivity contribution in [3.05, 3.63) is 94.8 Å². The number of phenolic OH excluding ortho intramolecular Hbond substituents is 2. The highest BCUT2D eigenvalue weighted by molar-refractivity contribution is 5.51. The van der Waals surface area contributed by atoms with Gasteiger partial charge in [0.15, 0.2) is 0 Å². The molecule has 3 heteroatoms. The van der Waals surface area contributed by atoms with Crippen molar-refractivity contribution in [1.82, 2.24) is 0 Å². The Bertz CT molecular complexity index is 835. The lowest BCUT2D eigenvalue weighted by atomic mass is 9.63. The summed E-state index contributed by atoms with van der Waals surface area (Å²) in [5, 5.41) is 29.4. The zero-order valence-electron chi connectivity index (χ0n) is 15.3. The Morgan fingerprint density at radius 3 is 1.69 bits per heavy atom. The molecule has 0 saturated carbocycles. The maximum Gasteiger partial charge on any atom is 0.115 e. The fourth-order valence-corrected chi connectivity index (χ4v) is 3.70. The monoisotopic (exact) mass is 348 g/mol. The van der Waals surface area contributed by atoms with Crippen LogP contribution in [0.25, 0.3) is 0 Å². The summed E-state index contributed by atoms with van der Waals surface area (Å²) in [6, 6.07) is 14.5. The van der Waals surface area contributed by atoms with Crippen LogP contribution in [0.15, 0.2) is 83.7 Å². The van der Waals surface area contributed by atoms with Gasteiger partial charge in [0.1, 0.15) is 17.3 Å². The highest BCUT2D eigenvalue weighted by atomic mass is 16.3. The van der Waals surface area contributed by atoms with Gasteiger partial charge in [-0.2, -0.15) is 0 Å². The third-order valence-corrected chi connectivity index (χ3v) is 5.23. The minimum Gasteiger partial charge on any atom is -0.508 e. The molecule has 1 aliphatic rings. The molecule has 0 radical (unpaired) electrons. The molecule has 0 aliphatic heterocycles. The van der Waals surface area contributed by atoms with Crippen LogP contribution in [0.2, 0.25) is 0 Å². The number of aliphatic hydroxyl groups excluding tert-OH is 1. The van der Waals surface area contributed by atoms with E-state index in [1.807, 2.05) is 50.3 Å². The van der Waals surface area contributed by atoms with Crippen LogP contribution in [-0.4, -0.2) is 15.3 Å². The highest BCUT2D eigenvalue weighted by Gasteiger charge is 2.39. The van der Waals surface area contributed by atoms with E-state index in [2.05, 4.69) is 6.92 Å². The molecule has 0 amide bonds. The zero-order valence-corrected chi connectivity index (χ0v) is 15.3. The molecule has 0 heterocycles. The first-order valence-corrected chi connectivity index (χ1v) is 8.67. The van der Waals surface area contributed by atoms with Crippen LogP contribution in [0.4, 0.5) is 0 Å². The molecule has 134 valence electrons. The van der Waals surface area contributed by atoms with E-state index in [-0.39, 0.29) is 23.2 Å². The van der Waals surface area contributed by atoms with Crippen molar-refractivity contribution in [3.63, 3.8) is 0 Å². The number of aromatic hydroxyl groups is 2. The molecule has 3 rings (SSSR count). The predicted octanol–water partition coefficient (Wildman–Crippen LogP) is 5.37. The summed E-state index contributed by atoms with van der Waals surface area (Å²) in [4.78, 5) is 0. The van der Waals surface area contributed by atoms with E-state index in [4.69, 9.17) is 0 Å². The van der Waals surface area contributed by atoms with E-state index in [0.29, 0.717) is 0 Å². The SMILES string of the molecule is CC(C)=C1C=C(O)C=CC1C(C)(c1ccc(O)cc1)c1ccc(O)cc1. The molecule has 0 saturated heterocycles. The van der Waals surface area contributed by atoms with Crippen LogP contribution in [0, 0.1) is 5.92 Å². The summed E-state index contributed by atoms with van der Waals surface area (Å²) < 4.78 is 0. The third-order valence-electron chi connectivity index (χ3n) is 5.23. The van der Waals surface area contributed by atoms with Crippen molar-refractivity contribution in [2.75, 3.05) is 0 Å². The van der Waals surface area contributed by atoms with Gasteiger partial charge in [-0.1, -0.05) is 42.8 Å². The summed E-state index contributed by atoms with van der Waals surface area (Å²) >= 11 is 0. The van der Waals surface area contributed by atoms with Crippen molar-refractivity contribution in [1.29, 1.82) is 0 Å². The van der Waals surface area contributed by atoms with Gasteiger partial charge < -0.3 is 15.3 Å². The summed E-state index contributed by atoms with van der Waals surface area (Å²) in [5.74, 6) is 0.690. The van der Waals surface area contributed by atoms with Gasteiger partial charge in [-0.3, -0.25) is 0 Å². The lowest BCUT2D eigenvalue weighted by Gasteiger charge is -2.40. The molecule has 3 N–H and O–H groups in total. The lowest BCUT2D eigenvalue weighted by molar-refractivity contribution is 0.413. The van der Waals surface area contributed by atoms with Gasteiger partial charge in [0.05, 0.1) is 0 Å². The third kappa shape index (κ3) is 3.13. The van der Waals surface area contributed by atoms with Gasteiger partial charge in [-0.25, -0.2) is 0 Å². The Kier molecular flexibility index (Phi) is 4.64. The van der Waals surface area contributed by atoms with Gasteiger partial charge in [-0.15, -0.1) is 0 Å². The maximum absolute atomic E-state index is 10.00. The topological polar surface area (TPSA) is 60.7 Å². The average Bonchev–Trinajstić information content (AvgIpc) is 2.62. The molecule has 0 spiro atoms. The molecule has 3 nitrogen and oxygen atoms in total. The number of rotatable bonds is 3. The van der Waals surface area contributed by atoms with Gasteiger partial charge in [0.2, 0.25) is 0 Å². The van der Waals surface area contributed by atoms with E-state index in [0.717, 1.165) is 22.3 Å². The first-order chi connectivity index (χ1) is 12.3. The first kappa shape index (κ1) is 17.9. The van der Waals surface area contributed by atoms with Gasteiger partial charge in [-0.05, 0) is 67.0 Å². The molecule has 0 bridgehead atoms. The molecule has 1 aliphatic carbocycles. The molecule has 2 aromatic rings. The molecule has 1 unspecified atom stereocenters. The second kappa shape index (κ2) is 6.75. The first-order valence-electron chi connectivity index (χ1n) is 8.67. The van der Waals surface area contributed by atoms with Crippen molar-refractivity contribution in [2.24, 2.45) is 5.92 Å². The molecule has 0 fully saturated rings. The normalized spacial score (nSPS) is 17.1. The number of aliphatic hydroxyl groups is 1. The second-order valence-corrected chi connectivity index (χ2v) is 7.16. The van der Waals surface area contributed by atoms with Crippen molar-refractivity contribution in [3.8, 4) is 11.5 Å². The molecular formula is C23H24O3. The van der Waals surface area contributed by atoms with E-state index in [1.54, 1.807) is 30.3 Å². The second-order valence-electron chi connectivity index (χ2n) is 7.16. The van der Waals surface area contributed by atoms with Gasteiger partial charge >= 0.3 is 0 Å². The van der Waals surface area contributed by atoms with Crippen LogP contribution < -0.4 is 0 Å². The molecular weight excluding hydrogens is 324 g/mol. The Morgan fingerprint density at radius 2 is 1.27 bits per heavy atom. The van der Waals surface area contributed by atoms with Crippen LogP contribution in [0.3, 0.4) is 0 Å². The van der Waals surface area contributed by atoms with E-state index in [9.17, 15) is 15.3 Å². The molecule has 0 aromatic heterocycles. The van der Waals surface area contributed by atoms with Crippen LogP contribution >= 0.6 is 0 Å². The van der Waals surface area contributed by atoms with E-state index in [1.165, 1.54) is 0 Å². The summed E-state index contributed by atoms with van der Waals surface area (Å²) in [6.07, 6.45) is 5.58. The number of hydrogen-bond donors (Lipinski definition) is 3. The Balaban J connectivity index is 2.24.